The van der Waals surface area contributed by atoms with Gasteiger partial charge < -0.3 is 4.98 Å². The summed E-state index contributed by atoms with van der Waals surface area (Å²) in [5, 5.41) is -1.38. The molecule has 23 heavy (non-hydrogen) atoms. The summed E-state index contributed by atoms with van der Waals surface area (Å²) in [5.74, 6) is -11.0. The second-order valence-corrected chi connectivity index (χ2v) is 5.36. The molecule has 0 bridgehead atoms. The van der Waals surface area contributed by atoms with Gasteiger partial charge in [0, 0.05) is 0 Å². The van der Waals surface area contributed by atoms with Crippen LogP contribution in [0.3, 0.4) is 0 Å². The van der Waals surface area contributed by atoms with Gasteiger partial charge in [0.25, 0.3) is 0 Å². The SMILES string of the molecule is O=C(Sc1nc2ccccc2[nH]1)c1c(F)c(F)c(F)c(F)c1F. The second-order valence-electron chi connectivity index (χ2n) is 4.39. The van der Waals surface area contributed by atoms with E-state index in [9.17, 15) is 26.7 Å². The minimum Gasteiger partial charge on any atom is -0.333 e. The Kier molecular flexibility index (Phi) is 3.80. The molecule has 0 saturated heterocycles. The Balaban J connectivity index is 2.01. The highest BCUT2D eigenvalue weighted by Gasteiger charge is 2.30. The van der Waals surface area contributed by atoms with E-state index in [-0.39, 0.29) is 16.9 Å². The Bertz CT molecular complexity index is 878. The Morgan fingerprint density at radius 3 is 2.09 bits per heavy atom. The topological polar surface area (TPSA) is 45.8 Å². The average Bonchev–Trinajstić information content (AvgIpc) is 2.93. The van der Waals surface area contributed by atoms with Crippen molar-refractivity contribution in [2.45, 2.75) is 5.16 Å². The summed E-state index contributed by atoms with van der Waals surface area (Å²) in [6.45, 7) is 0. The van der Waals surface area contributed by atoms with Crippen molar-refractivity contribution in [3.8, 4) is 0 Å². The van der Waals surface area contributed by atoms with E-state index in [4.69, 9.17) is 0 Å². The van der Waals surface area contributed by atoms with Crippen LogP contribution < -0.4 is 0 Å². The van der Waals surface area contributed by atoms with Crippen molar-refractivity contribution >= 4 is 27.9 Å². The van der Waals surface area contributed by atoms with Gasteiger partial charge in [0.2, 0.25) is 10.9 Å². The molecule has 0 aliphatic rings. The van der Waals surface area contributed by atoms with Gasteiger partial charge >= 0.3 is 0 Å². The molecule has 9 heteroatoms. The summed E-state index contributed by atoms with van der Waals surface area (Å²) in [6.07, 6.45) is 0. The smallest absolute Gasteiger partial charge is 0.233 e. The molecule has 1 aromatic heterocycles. The van der Waals surface area contributed by atoms with Crippen molar-refractivity contribution in [2.75, 3.05) is 0 Å². The van der Waals surface area contributed by atoms with Crippen LogP contribution in [0.2, 0.25) is 0 Å². The fourth-order valence-electron chi connectivity index (χ4n) is 1.90. The molecule has 3 aromatic rings. The number of rotatable bonds is 2. The maximum absolute atomic E-state index is 13.6. The average molecular weight is 344 g/mol. The highest BCUT2D eigenvalue weighted by molar-refractivity contribution is 8.14. The van der Waals surface area contributed by atoms with Gasteiger partial charge in [0.05, 0.1) is 11.0 Å². The van der Waals surface area contributed by atoms with Crippen molar-refractivity contribution in [3.05, 3.63) is 58.9 Å². The second kappa shape index (κ2) is 5.65. The van der Waals surface area contributed by atoms with Crippen LogP contribution in [0, 0.1) is 29.1 Å². The van der Waals surface area contributed by atoms with E-state index in [0.29, 0.717) is 11.0 Å². The number of nitrogens with zero attached hydrogens (tertiary/aromatic N) is 1. The van der Waals surface area contributed by atoms with Crippen LogP contribution in [-0.2, 0) is 0 Å². The third-order valence-corrected chi connectivity index (χ3v) is 3.75. The van der Waals surface area contributed by atoms with E-state index in [0.717, 1.165) is 0 Å². The highest BCUT2D eigenvalue weighted by Crippen LogP contribution is 2.29. The van der Waals surface area contributed by atoms with Crippen LogP contribution in [0.15, 0.2) is 29.4 Å². The van der Waals surface area contributed by atoms with Crippen molar-refractivity contribution in [3.63, 3.8) is 0 Å². The zero-order valence-corrected chi connectivity index (χ0v) is 11.8. The minimum atomic E-state index is -2.31. The highest BCUT2D eigenvalue weighted by atomic mass is 32.2. The number of para-hydroxylation sites is 2. The van der Waals surface area contributed by atoms with Crippen LogP contribution in [0.25, 0.3) is 11.0 Å². The number of carbonyl (C=O) groups is 1. The maximum Gasteiger partial charge on any atom is 0.233 e. The van der Waals surface area contributed by atoms with Crippen LogP contribution in [0.1, 0.15) is 10.4 Å². The van der Waals surface area contributed by atoms with Gasteiger partial charge in [-0.1, -0.05) is 12.1 Å². The summed E-state index contributed by atoms with van der Waals surface area (Å²) < 4.78 is 66.4. The van der Waals surface area contributed by atoms with Gasteiger partial charge in [-0.3, -0.25) is 4.79 Å². The minimum absolute atomic E-state index is 0.0276. The number of thioether (sulfide) groups is 1. The van der Waals surface area contributed by atoms with E-state index in [2.05, 4.69) is 9.97 Å². The molecule has 0 aliphatic carbocycles. The van der Waals surface area contributed by atoms with Crippen LogP contribution in [0.4, 0.5) is 22.0 Å². The van der Waals surface area contributed by atoms with Crippen molar-refractivity contribution < 1.29 is 26.7 Å². The van der Waals surface area contributed by atoms with Crippen molar-refractivity contribution in [1.82, 2.24) is 9.97 Å². The molecule has 1 N–H and O–H groups in total. The zero-order chi connectivity index (χ0) is 16.7. The molecule has 0 aliphatic heterocycles. The number of H-pyrrole nitrogens is 1. The Morgan fingerprint density at radius 2 is 1.48 bits per heavy atom. The lowest BCUT2D eigenvalue weighted by atomic mass is 10.2. The number of benzene rings is 2. The number of hydrogen-bond donors (Lipinski definition) is 1. The molecule has 0 fully saturated rings. The molecule has 0 atom stereocenters. The molecule has 1 heterocycles. The molecule has 0 spiro atoms. The Labute approximate surface area is 129 Å². The summed E-state index contributed by atoms with van der Waals surface area (Å²) in [7, 11) is 0. The standard InChI is InChI=1S/C14H5F5N2OS/c15-8-7(9(16)11(18)12(19)10(8)17)13(22)23-14-20-5-3-1-2-4-6(5)21-14/h1-4H,(H,20,21). The van der Waals surface area contributed by atoms with Crippen molar-refractivity contribution in [2.24, 2.45) is 0 Å². The van der Waals surface area contributed by atoms with Gasteiger partial charge in [-0.25, -0.2) is 26.9 Å². The van der Waals surface area contributed by atoms with Crippen LogP contribution >= 0.6 is 11.8 Å². The maximum atomic E-state index is 13.6. The third-order valence-electron chi connectivity index (χ3n) is 2.97. The molecule has 3 nitrogen and oxygen atoms in total. The van der Waals surface area contributed by atoms with E-state index in [1.807, 2.05) is 0 Å². The van der Waals surface area contributed by atoms with E-state index < -0.39 is 39.8 Å². The first-order valence-electron chi connectivity index (χ1n) is 6.08. The molecule has 0 saturated carbocycles. The lowest BCUT2D eigenvalue weighted by molar-refractivity contribution is 0.107. The normalized spacial score (nSPS) is 11.2. The van der Waals surface area contributed by atoms with Crippen molar-refractivity contribution in [1.29, 1.82) is 0 Å². The predicted octanol–water partition coefficient (Wildman–Crippen LogP) is 4.19. The van der Waals surface area contributed by atoms with E-state index >= 15 is 0 Å². The molecule has 0 radical (unpaired) electrons. The quantitative estimate of drug-likeness (QED) is 0.328. The Morgan fingerprint density at radius 1 is 0.913 bits per heavy atom. The summed E-state index contributed by atoms with van der Waals surface area (Å²) in [5.41, 5.74) is -0.465. The molecule has 2 aromatic carbocycles. The summed E-state index contributed by atoms with van der Waals surface area (Å²) in [6, 6.07) is 6.65. The van der Waals surface area contributed by atoms with Gasteiger partial charge in [-0.05, 0) is 23.9 Å². The number of fused-ring (bicyclic) bond motifs is 1. The third kappa shape index (κ3) is 2.56. The van der Waals surface area contributed by atoms with Gasteiger partial charge in [-0.2, -0.15) is 0 Å². The van der Waals surface area contributed by atoms with Gasteiger partial charge in [-0.15, -0.1) is 0 Å². The largest absolute Gasteiger partial charge is 0.333 e. The molecule has 0 amide bonds. The first-order valence-corrected chi connectivity index (χ1v) is 6.90. The molecule has 3 rings (SSSR count). The fraction of sp³-hybridized carbons (Fsp3) is 0. The zero-order valence-electron chi connectivity index (χ0n) is 11.0. The number of nitrogens with one attached hydrogen (secondary N) is 1. The number of hydrogen-bond acceptors (Lipinski definition) is 3. The molecule has 118 valence electrons. The first kappa shape index (κ1) is 15.5. The van der Waals surface area contributed by atoms with E-state index in [1.165, 1.54) is 0 Å². The summed E-state index contributed by atoms with van der Waals surface area (Å²) in [4.78, 5) is 18.6. The molecular weight excluding hydrogens is 339 g/mol. The number of imidazole rings is 1. The summed E-state index contributed by atoms with van der Waals surface area (Å²) >= 11 is 0.233. The first-order chi connectivity index (χ1) is 10.9. The van der Waals surface area contributed by atoms with Crippen LogP contribution in [-0.4, -0.2) is 15.1 Å². The molecular formula is C14H5F5N2OS. The lowest BCUT2D eigenvalue weighted by Crippen LogP contribution is -2.10. The number of aromatic amines is 1. The van der Waals surface area contributed by atoms with Crippen LogP contribution in [0.5, 0.6) is 0 Å². The lowest BCUT2D eigenvalue weighted by Gasteiger charge is -2.05. The van der Waals surface area contributed by atoms with Gasteiger partial charge in [0.15, 0.2) is 28.4 Å². The fourth-order valence-corrected chi connectivity index (χ4v) is 2.66. The monoisotopic (exact) mass is 344 g/mol. The van der Waals surface area contributed by atoms with Gasteiger partial charge in [0.1, 0.15) is 5.56 Å². The molecule has 0 unspecified atom stereocenters. The number of aromatic nitrogens is 2. The van der Waals surface area contributed by atoms with E-state index in [1.54, 1.807) is 24.3 Å². The Hall–Kier alpha value is -2.42. The number of halogens is 5. The number of carbonyl (C=O) groups excluding carboxylic acids is 1. The predicted molar refractivity (Wildman–Crippen MR) is 72.5 cm³/mol.